The zero-order chi connectivity index (χ0) is 18.5. The fourth-order valence-corrected chi connectivity index (χ4v) is 8.05. The molecule has 0 aliphatic heterocycles. The predicted molar refractivity (Wildman–Crippen MR) is 110 cm³/mol. The van der Waals surface area contributed by atoms with Gasteiger partial charge in [-0.15, -0.1) is 0 Å². The molecule has 0 radical (unpaired) electrons. The van der Waals surface area contributed by atoms with Crippen molar-refractivity contribution in [2.75, 3.05) is 14.2 Å². The molecule has 3 nitrogen and oxygen atoms in total. The Balaban J connectivity index is 2.26. The molecule has 0 heterocycles. The van der Waals surface area contributed by atoms with Crippen molar-refractivity contribution >= 4 is 26.5 Å². The van der Waals surface area contributed by atoms with Gasteiger partial charge in [-0.3, -0.25) is 0 Å². The van der Waals surface area contributed by atoms with Gasteiger partial charge in [0, 0.05) is 14.2 Å². The van der Waals surface area contributed by atoms with Gasteiger partial charge in [-0.25, -0.2) is 0 Å². The zero-order valence-corrected chi connectivity index (χ0v) is 18.2. The third-order valence-corrected chi connectivity index (χ3v) is 11.6. The van der Waals surface area contributed by atoms with Gasteiger partial charge >= 0.3 is 0 Å². The minimum absolute atomic E-state index is 0.268. The molecule has 2 atom stereocenters. The van der Waals surface area contributed by atoms with Crippen LogP contribution in [0.15, 0.2) is 60.7 Å². The maximum atomic E-state index is 6.47. The monoisotopic (exact) mass is 374 g/mol. The molecule has 25 heavy (non-hydrogen) atoms. The summed E-state index contributed by atoms with van der Waals surface area (Å²) >= 11 is 0. The van der Waals surface area contributed by atoms with E-state index in [1.54, 1.807) is 14.2 Å². The van der Waals surface area contributed by atoms with E-state index in [1.165, 1.54) is 10.4 Å². The van der Waals surface area contributed by atoms with E-state index in [4.69, 9.17) is 14.2 Å². The average Bonchev–Trinajstić information content (AvgIpc) is 2.63. The summed E-state index contributed by atoms with van der Waals surface area (Å²) in [5, 5.41) is 2.63. The summed E-state index contributed by atoms with van der Waals surface area (Å²) in [6, 6.07) is 21.1. The second-order valence-corrected chi connectivity index (χ2v) is 16.4. The van der Waals surface area contributed by atoms with Crippen LogP contribution < -0.4 is 10.4 Å². The van der Waals surface area contributed by atoms with Crippen LogP contribution in [0.5, 0.6) is 0 Å². The summed E-state index contributed by atoms with van der Waals surface area (Å²) in [6.07, 6.45) is 0. The fourth-order valence-electron chi connectivity index (χ4n) is 3.16. The van der Waals surface area contributed by atoms with Crippen molar-refractivity contribution < 1.29 is 14.2 Å². The van der Waals surface area contributed by atoms with Crippen molar-refractivity contribution in [3.05, 3.63) is 60.7 Å². The van der Waals surface area contributed by atoms with Crippen molar-refractivity contribution in [2.45, 2.75) is 38.0 Å². The summed E-state index contributed by atoms with van der Waals surface area (Å²) < 4.78 is 18.1. The molecule has 0 aromatic heterocycles. The SMILES string of the molecule is COC(OC(OC)[Si](C)(C)c1ccccc1)[Si](C)(C)c1ccccc1. The normalized spacial score (nSPS) is 15.0. The van der Waals surface area contributed by atoms with Gasteiger partial charge < -0.3 is 14.2 Å². The molecule has 0 spiro atoms. The van der Waals surface area contributed by atoms with Crippen LogP contribution in [-0.2, 0) is 14.2 Å². The van der Waals surface area contributed by atoms with Gasteiger partial charge in [0.15, 0.2) is 0 Å². The van der Waals surface area contributed by atoms with Gasteiger partial charge in [0.1, 0.15) is 28.0 Å². The first kappa shape index (κ1) is 20.1. The zero-order valence-electron chi connectivity index (χ0n) is 16.2. The number of ether oxygens (including phenoxy) is 3. The van der Waals surface area contributed by atoms with E-state index in [9.17, 15) is 0 Å². The van der Waals surface area contributed by atoms with E-state index in [2.05, 4.69) is 74.7 Å². The molecular weight excluding hydrogens is 344 g/mol. The largest absolute Gasteiger partial charge is 0.359 e. The quantitative estimate of drug-likeness (QED) is 0.524. The minimum atomic E-state index is -1.97. The summed E-state index contributed by atoms with van der Waals surface area (Å²) in [7, 11) is -0.483. The van der Waals surface area contributed by atoms with Gasteiger partial charge in [0.2, 0.25) is 0 Å². The Hall–Kier alpha value is -1.25. The molecule has 0 saturated carbocycles. The molecule has 0 amide bonds. The molecule has 2 aromatic carbocycles. The Morgan fingerprint density at radius 1 is 0.600 bits per heavy atom. The number of hydrogen-bond acceptors (Lipinski definition) is 3. The van der Waals surface area contributed by atoms with E-state index in [1.807, 2.05) is 12.1 Å². The minimum Gasteiger partial charge on any atom is -0.359 e. The van der Waals surface area contributed by atoms with Crippen LogP contribution in [0, 0.1) is 0 Å². The molecular formula is C20H30O3Si2. The predicted octanol–water partition coefficient (Wildman–Crippen LogP) is 3.26. The lowest BCUT2D eigenvalue weighted by Crippen LogP contribution is -2.61. The van der Waals surface area contributed by atoms with Crippen molar-refractivity contribution in [3.63, 3.8) is 0 Å². The van der Waals surface area contributed by atoms with E-state index in [0.717, 1.165) is 0 Å². The number of benzene rings is 2. The highest BCUT2D eigenvalue weighted by Crippen LogP contribution is 2.21. The van der Waals surface area contributed by atoms with E-state index in [-0.39, 0.29) is 11.8 Å². The molecule has 0 saturated heterocycles. The Kier molecular flexibility index (Phi) is 6.76. The fraction of sp³-hybridized carbons (Fsp3) is 0.400. The lowest BCUT2D eigenvalue weighted by atomic mass is 10.4. The Morgan fingerprint density at radius 3 is 1.20 bits per heavy atom. The van der Waals surface area contributed by atoms with E-state index in [0.29, 0.717) is 0 Å². The maximum Gasteiger partial charge on any atom is 0.148 e. The highest BCUT2D eigenvalue weighted by Gasteiger charge is 2.42. The summed E-state index contributed by atoms with van der Waals surface area (Å²) in [5.41, 5.74) is 0. The first-order valence-electron chi connectivity index (χ1n) is 8.66. The standard InChI is InChI=1S/C20H30O3Si2/c1-21-19(24(3,4)17-13-9-7-10-14-17)23-20(22-2)25(5,6)18-15-11-8-12-16-18/h7-16,19-20H,1-6H3. The van der Waals surface area contributed by atoms with Crippen molar-refractivity contribution in [2.24, 2.45) is 0 Å². The third kappa shape index (κ3) is 4.48. The lowest BCUT2D eigenvalue weighted by molar-refractivity contribution is -0.166. The van der Waals surface area contributed by atoms with Crippen LogP contribution in [0.2, 0.25) is 26.2 Å². The van der Waals surface area contributed by atoms with Gasteiger partial charge in [0.25, 0.3) is 0 Å². The van der Waals surface area contributed by atoms with Crippen molar-refractivity contribution in [1.29, 1.82) is 0 Å². The summed E-state index contributed by atoms with van der Waals surface area (Å²) in [6.45, 7) is 9.11. The molecule has 2 rings (SSSR count). The van der Waals surface area contributed by atoms with Crippen LogP contribution in [0.4, 0.5) is 0 Å². The molecule has 2 unspecified atom stereocenters. The Morgan fingerprint density at radius 2 is 0.920 bits per heavy atom. The lowest BCUT2D eigenvalue weighted by Gasteiger charge is -2.38. The molecule has 0 N–H and O–H groups in total. The van der Waals surface area contributed by atoms with Crippen LogP contribution >= 0.6 is 0 Å². The summed E-state index contributed by atoms with van der Waals surface area (Å²) in [5.74, 6) is -0.536. The van der Waals surface area contributed by atoms with Gasteiger partial charge in [-0.2, -0.15) is 0 Å². The Labute approximate surface area is 154 Å². The summed E-state index contributed by atoms with van der Waals surface area (Å²) in [4.78, 5) is 0. The highest BCUT2D eigenvalue weighted by molar-refractivity contribution is 6.91. The van der Waals surface area contributed by atoms with Crippen LogP contribution in [-0.4, -0.2) is 42.2 Å². The van der Waals surface area contributed by atoms with Crippen LogP contribution in [0.3, 0.4) is 0 Å². The second-order valence-electron chi connectivity index (χ2n) is 7.45. The second kappa shape index (κ2) is 8.42. The number of methoxy groups -OCH3 is 2. The molecule has 136 valence electrons. The van der Waals surface area contributed by atoms with E-state index < -0.39 is 16.1 Å². The smallest absolute Gasteiger partial charge is 0.148 e. The van der Waals surface area contributed by atoms with Crippen LogP contribution in [0.1, 0.15) is 0 Å². The molecule has 5 heteroatoms. The molecule has 2 aromatic rings. The van der Waals surface area contributed by atoms with Crippen molar-refractivity contribution in [3.8, 4) is 0 Å². The van der Waals surface area contributed by atoms with E-state index >= 15 is 0 Å². The molecule has 0 bridgehead atoms. The Bertz CT molecular complexity index is 587. The topological polar surface area (TPSA) is 27.7 Å². The van der Waals surface area contributed by atoms with Gasteiger partial charge in [-0.1, -0.05) is 97.2 Å². The van der Waals surface area contributed by atoms with Crippen LogP contribution in [0.25, 0.3) is 0 Å². The van der Waals surface area contributed by atoms with Gasteiger partial charge in [0.05, 0.1) is 0 Å². The average molecular weight is 375 g/mol. The first-order chi connectivity index (χ1) is 11.8. The van der Waals surface area contributed by atoms with Crippen molar-refractivity contribution in [1.82, 2.24) is 0 Å². The maximum absolute atomic E-state index is 6.47. The highest BCUT2D eigenvalue weighted by atomic mass is 28.3. The molecule has 0 aliphatic rings. The third-order valence-electron chi connectivity index (χ3n) is 4.89. The molecule has 0 aliphatic carbocycles. The number of rotatable bonds is 8. The first-order valence-corrected chi connectivity index (χ1v) is 14.8. The number of hydrogen-bond donors (Lipinski definition) is 0. The molecule has 0 fully saturated rings. The van der Waals surface area contributed by atoms with Gasteiger partial charge in [-0.05, 0) is 0 Å².